The van der Waals surface area contributed by atoms with Crippen molar-refractivity contribution < 1.29 is 0 Å². The van der Waals surface area contributed by atoms with Crippen molar-refractivity contribution in [2.45, 2.75) is 83.5 Å². The molecule has 0 saturated heterocycles. The third kappa shape index (κ3) is 5.03. The van der Waals surface area contributed by atoms with Gasteiger partial charge in [-0.15, -0.1) is 0 Å². The van der Waals surface area contributed by atoms with Crippen LogP contribution in [0.2, 0.25) is 0 Å². The number of hydrogen-bond acceptors (Lipinski definition) is 0. The molecule has 0 heterocycles. The topological polar surface area (TPSA) is 0 Å². The Kier molecular flexibility index (Phi) is 6.45. The van der Waals surface area contributed by atoms with Crippen LogP contribution in [0.25, 0.3) is 0 Å². The van der Waals surface area contributed by atoms with E-state index in [1.807, 2.05) is 0 Å². The summed E-state index contributed by atoms with van der Waals surface area (Å²) in [6, 6.07) is 22.4. The molecular weight excluding hydrogens is 324 g/mol. The summed E-state index contributed by atoms with van der Waals surface area (Å²) in [7, 11) is 0. The second-order valence-corrected chi connectivity index (χ2v) is 9.93. The van der Waals surface area contributed by atoms with Crippen molar-refractivity contribution in [3.8, 4) is 0 Å². The summed E-state index contributed by atoms with van der Waals surface area (Å²) >= 11 is 0. The maximum absolute atomic E-state index is 2.52. The normalized spacial score (nSPS) is 19.4. The monoisotopic (exact) mass is 362 g/mol. The molecule has 2 aromatic rings. The second kappa shape index (κ2) is 8.63. The molecule has 2 unspecified atom stereocenters. The van der Waals surface area contributed by atoms with Crippen molar-refractivity contribution in [1.29, 1.82) is 0 Å². The molecule has 1 saturated carbocycles. The first-order valence-corrected chi connectivity index (χ1v) is 11.0. The first-order valence-electron chi connectivity index (χ1n) is 11.0. The molecule has 1 fully saturated rings. The molecule has 0 radical (unpaired) electrons. The van der Waals surface area contributed by atoms with Gasteiger partial charge in [0.25, 0.3) is 0 Å². The predicted molar refractivity (Wildman–Crippen MR) is 118 cm³/mol. The van der Waals surface area contributed by atoms with E-state index in [2.05, 4.69) is 88.4 Å². The van der Waals surface area contributed by atoms with E-state index in [1.165, 1.54) is 56.1 Å². The first kappa shape index (κ1) is 20.2. The van der Waals surface area contributed by atoms with Gasteiger partial charge in [-0.25, -0.2) is 0 Å². The van der Waals surface area contributed by atoms with Gasteiger partial charge in [-0.3, -0.25) is 0 Å². The molecule has 3 rings (SSSR count). The van der Waals surface area contributed by atoms with Gasteiger partial charge in [-0.1, -0.05) is 120 Å². The second-order valence-electron chi connectivity index (χ2n) is 9.93. The molecule has 1 aliphatic rings. The number of hydrogen-bond donors (Lipinski definition) is 0. The molecule has 27 heavy (non-hydrogen) atoms. The van der Waals surface area contributed by atoms with Crippen molar-refractivity contribution in [1.82, 2.24) is 0 Å². The van der Waals surface area contributed by atoms with E-state index >= 15 is 0 Å². The molecule has 1 aliphatic carbocycles. The highest BCUT2D eigenvalue weighted by Gasteiger charge is 2.37. The summed E-state index contributed by atoms with van der Waals surface area (Å²) in [5.74, 6) is 1.71. The lowest BCUT2D eigenvalue weighted by Crippen LogP contribution is -2.35. The minimum atomic E-state index is 0.165. The molecule has 146 valence electrons. The molecule has 0 nitrogen and oxygen atoms in total. The zero-order chi connectivity index (χ0) is 19.3. The average molecular weight is 363 g/mol. The average Bonchev–Trinajstić information content (AvgIpc) is 2.69. The molecule has 0 bridgehead atoms. The Morgan fingerprint density at radius 2 is 1.30 bits per heavy atom. The smallest absolute Gasteiger partial charge is 0.00644 e. The van der Waals surface area contributed by atoms with Gasteiger partial charge in [0, 0.05) is 0 Å². The molecule has 2 aromatic carbocycles. The molecule has 2 atom stereocenters. The Balaban J connectivity index is 1.86. The van der Waals surface area contributed by atoms with Crippen LogP contribution in [-0.2, 0) is 10.8 Å². The summed E-state index contributed by atoms with van der Waals surface area (Å²) in [6.07, 6.45) is 9.67. The van der Waals surface area contributed by atoms with Crippen LogP contribution < -0.4 is 0 Å². The van der Waals surface area contributed by atoms with Crippen LogP contribution in [0.5, 0.6) is 0 Å². The van der Waals surface area contributed by atoms with E-state index < -0.39 is 0 Å². The van der Waals surface area contributed by atoms with Gasteiger partial charge in [-0.2, -0.15) is 0 Å². The standard InChI is InChI=1S/C27H38/c1-22(23-14-8-5-9-15-23)20-27(4,25-18-12-7-13-19-25)21-26(2,3)24-16-10-6-11-17-24/h6-7,10-13,16-19,22-23H,5,8-9,14-15,20-21H2,1-4H3. The van der Waals surface area contributed by atoms with Crippen molar-refractivity contribution >= 4 is 0 Å². The summed E-state index contributed by atoms with van der Waals surface area (Å²) in [5, 5.41) is 0. The van der Waals surface area contributed by atoms with Gasteiger partial charge in [0.15, 0.2) is 0 Å². The predicted octanol–water partition coefficient (Wildman–Crippen LogP) is 7.92. The number of rotatable bonds is 7. The zero-order valence-corrected chi connectivity index (χ0v) is 17.9. The Bertz CT molecular complexity index is 678. The van der Waals surface area contributed by atoms with Crippen LogP contribution in [0.15, 0.2) is 60.7 Å². The fraction of sp³-hybridized carbons (Fsp3) is 0.556. The molecule has 0 heteroatoms. The van der Waals surface area contributed by atoms with Crippen LogP contribution in [0.1, 0.15) is 83.8 Å². The Labute approximate surface area is 167 Å². The zero-order valence-electron chi connectivity index (χ0n) is 17.9. The molecule has 0 N–H and O–H groups in total. The van der Waals surface area contributed by atoms with E-state index in [0.717, 1.165) is 11.8 Å². The Hall–Kier alpha value is -1.56. The third-order valence-corrected chi connectivity index (χ3v) is 7.09. The summed E-state index contributed by atoms with van der Waals surface area (Å²) in [6.45, 7) is 9.89. The Morgan fingerprint density at radius 3 is 1.85 bits per heavy atom. The van der Waals surface area contributed by atoms with Crippen LogP contribution in [0.4, 0.5) is 0 Å². The van der Waals surface area contributed by atoms with Crippen molar-refractivity contribution in [2.75, 3.05) is 0 Å². The fourth-order valence-corrected chi connectivity index (χ4v) is 5.68. The van der Waals surface area contributed by atoms with Crippen LogP contribution >= 0.6 is 0 Å². The van der Waals surface area contributed by atoms with Gasteiger partial charge in [0.05, 0.1) is 0 Å². The maximum Gasteiger partial charge on any atom is -0.00644 e. The van der Waals surface area contributed by atoms with Crippen molar-refractivity contribution in [2.24, 2.45) is 11.8 Å². The van der Waals surface area contributed by atoms with E-state index in [-0.39, 0.29) is 10.8 Å². The van der Waals surface area contributed by atoms with Gasteiger partial charge in [-0.05, 0) is 46.6 Å². The lowest BCUT2D eigenvalue weighted by molar-refractivity contribution is 0.192. The Morgan fingerprint density at radius 1 is 0.778 bits per heavy atom. The molecule has 0 aromatic heterocycles. The molecular formula is C27H38. The largest absolute Gasteiger partial charge is 0.0622 e. The van der Waals surface area contributed by atoms with Crippen molar-refractivity contribution in [3.63, 3.8) is 0 Å². The summed E-state index contributed by atoms with van der Waals surface area (Å²) in [4.78, 5) is 0. The minimum Gasteiger partial charge on any atom is -0.0622 e. The SMILES string of the molecule is CC(CC(C)(CC(C)(C)c1ccccc1)c1ccccc1)C1CCCCC1. The fourth-order valence-electron chi connectivity index (χ4n) is 5.68. The molecule has 0 spiro atoms. The van der Waals surface area contributed by atoms with E-state index in [1.54, 1.807) is 0 Å². The number of benzene rings is 2. The van der Waals surface area contributed by atoms with E-state index in [0.29, 0.717) is 0 Å². The lowest BCUT2D eigenvalue weighted by atomic mass is 9.62. The van der Waals surface area contributed by atoms with Gasteiger partial charge < -0.3 is 0 Å². The van der Waals surface area contributed by atoms with Gasteiger partial charge in [0.2, 0.25) is 0 Å². The minimum absolute atomic E-state index is 0.165. The van der Waals surface area contributed by atoms with Gasteiger partial charge >= 0.3 is 0 Å². The highest BCUT2D eigenvalue weighted by Crippen LogP contribution is 2.45. The lowest BCUT2D eigenvalue weighted by Gasteiger charge is -2.42. The van der Waals surface area contributed by atoms with E-state index in [4.69, 9.17) is 0 Å². The molecule has 0 aliphatic heterocycles. The summed E-state index contributed by atoms with van der Waals surface area (Å²) in [5.41, 5.74) is 3.34. The van der Waals surface area contributed by atoms with Crippen molar-refractivity contribution in [3.05, 3.63) is 71.8 Å². The highest BCUT2D eigenvalue weighted by molar-refractivity contribution is 5.30. The van der Waals surface area contributed by atoms with Crippen LogP contribution in [0, 0.1) is 11.8 Å². The van der Waals surface area contributed by atoms with Gasteiger partial charge in [0.1, 0.15) is 0 Å². The summed E-state index contributed by atoms with van der Waals surface area (Å²) < 4.78 is 0. The molecule has 0 amide bonds. The maximum atomic E-state index is 2.52. The highest BCUT2D eigenvalue weighted by atomic mass is 14.4. The first-order chi connectivity index (χ1) is 12.9. The quantitative estimate of drug-likeness (QED) is 0.469. The van der Waals surface area contributed by atoms with E-state index in [9.17, 15) is 0 Å². The van der Waals surface area contributed by atoms with Crippen LogP contribution in [-0.4, -0.2) is 0 Å². The van der Waals surface area contributed by atoms with Crippen LogP contribution in [0.3, 0.4) is 0 Å². The third-order valence-electron chi connectivity index (χ3n) is 7.09.